The first-order valence-electron chi connectivity index (χ1n) is 6.96. The maximum atomic E-state index is 12.6. The molecule has 5 nitrogen and oxygen atoms in total. The molecule has 2 amide bonds. The molecule has 0 atom stereocenters. The summed E-state index contributed by atoms with van der Waals surface area (Å²) in [7, 11) is 1.54. The zero-order valence-electron chi connectivity index (χ0n) is 12.5. The van der Waals surface area contributed by atoms with Gasteiger partial charge in [-0.15, -0.1) is 0 Å². The van der Waals surface area contributed by atoms with Crippen molar-refractivity contribution in [1.29, 1.82) is 0 Å². The van der Waals surface area contributed by atoms with E-state index >= 15 is 0 Å². The second-order valence-electron chi connectivity index (χ2n) is 4.96. The summed E-state index contributed by atoms with van der Waals surface area (Å²) in [6.07, 6.45) is 0. The average molecular weight is 363 g/mol. The van der Waals surface area contributed by atoms with E-state index < -0.39 is 11.8 Å². The lowest BCUT2D eigenvalue weighted by Crippen LogP contribution is -2.32. The largest absolute Gasteiger partial charge is 0.497 e. The lowest BCUT2D eigenvalue weighted by atomic mass is 10.2. The van der Waals surface area contributed by atoms with Gasteiger partial charge in [-0.25, -0.2) is 4.90 Å². The van der Waals surface area contributed by atoms with Crippen LogP contribution in [0.2, 0.25) is 5.02 Å². The summed E-state index contributed by atoms with van der Waals surface area (Å²) >= 11 is 11.9. The molecule has 0 saturated carbocycles. The SMILES string of the molecule is COc1ccc(N2C(=O)C(Cl)=C(Nc3ccc(Cl)cc3)C2=O)cc1. The molecule has 0 fully saturated rings. The van der Waals surface area contributed by atoms with Gasteiger partial charge in [0.2, 0.25) is 0 Å². The fourth-order valence-electron chi connectivity index (χ4n) is 2.25. The minimum absolute atomic E-state index is 0.0276. The summed E-state index contributed by atoms with van der Waals surface area (Å²) in [4.78, 5) is 26.0. The standard InChI is InChI=1S/C17H12Cl2N2O3/c1-24-13-8-6-12(7-9-13)21-16(22)14(19)15(17(21)23)20-11-4-2-10(18)3-5-11/h2-9,20H,1H3. The van der Waals surface area contributed by atoms with Gasteiger partial charge >= 0.3 is 0 Å². The number of rotatable bonds is 4. The van der Waals surface area contributed by atoms with E-state index in [4.69, 9.17) is 27.9 Å². The van der Waals surface area contributed by atoms with Gasteiger partial charge in [-0.1, -0.05) is 23.2 Å². The number of carbonyl (C=O) groups is 2. The molecule has 0 aromatic heterocycles. The summed E-state index contributed by atoms with van der Waals surface area (Å²) < 4.78 is 5.07. The van der Waals surface area contributed by atoms with Crippen molar-refractivity contribution in [3.05, 3.63) is 64.3 Å². The van der Waals surface area contributed by atoms with Crippen LogP contribution in [-0.4, -0.2) is 18.9 Å². The molecule has 2 aromatic rings. The van der Waals surface area contributed by atoms with Crippen LogP contribution in [0.4, 0.5) is 11.4 Å². The molecular formula is C17H12Cl2N2O3. The monoisotopic (exact) mass is 362 g/mol. The Morgan fingerprint density at radius 1 is 0.917 bits per heavy atom. The summed E-state index contributed by atoms with van der Waals surface area (Å²) in [6.45, 7) is 0. The van der Waals surface area contributed by atoms with Crippen molar-refractivity contribution in [3.63, 3.8) is 0 Å². The van der Waals surface area contributed by atoms with Gasteiger partial charge in [0.05, 0.1) is 12.8 Å². The van der Waals surface area contributed by atoms with Crippen molar-refractivity contribution in [2.75, 3.05) is 17.3 Å². The zero-order valence-corrected chi connectivity index (χ0v) is 14.1. The Labute approximate surface area is 148 Å². The number of nitrogens with zero attached hydrogens (tertiary/aromatic N) is 1. The van der Waals surface area contributed by atoms with Gasteiger partial charge in [0.15, 0.2) is 0 Å². The van der Waals surface area contributed by atoms with Crippen molar-refractivity contribution < 1.29 is 14.3 Å². The predicted octanol–water partition coefficient (Wildman–Crippen LogP) is 3.78. The molecule has 1 aliphatic heterocycles. The van der Waals surface area contributed by atoms with Gasteiger partial charge in [-0.3, -0.25) is 9.59 Å². The highest BCUT2D eigenvalue weighted by Crippen LogP contribution is 2.31. The van der Waals surface area contributed by atoms with Gasteiger partial charge in [-0.05, 0) is 48.5 Å². The Bertz CT molecular complexity index is 830. The third-order valence-electron chi connectivity index (χ3n) is 3.47. The second kappa shape index (κ2) is 6.55. The zero-order chi connectivity index (χ0) is 17.3. The minimum atomic E-state index is -0.580. The van der Waals surface area contributed by atoms with E-state index in [1.54, 1.807) is 48.5 Å². The number of carbonyl (C=O) groups excluding carboxylic acids is 2. The molecule has 0 saturated heterocycles. The maximum Gasteiger partial charge on any atom is 0.283 e. The number of nitrogens with one attached hydrogen (secondary N) is 1. The van der Waals surface area contributed by atoms with E-state index in [1.165, 1.54) is 7.11 Å². The number of benzene rings is 2. The Kier molecular flexibility index (Phi) is 4.46. The normalized spacial score (nSPS) is 14.4. The molecule has 122 valence electrons. The van der Waals surface area contributed by atoms with E-state index in [-0.39, 0.29) is 10.7 Å². The number of hydrogen-bond acceptors (Lipinski definition) is 4. The van der Waals surface area contributed by atoms with Crippen molar-refractivity contribution in [2.24, 2.45) is 0 Å². The van der Waals surface area contributed by atoms with Crippen LogP contribution in [0.1, 0.15) is 0 Å². The lowest BCUT2D eigenvalue weighted by Gasteiger charge is -2.15. The van der Waals surface area contributed by atoms with Crippen LogP contribution >= 0.6 is 23.2 Å². The summed E-state index contributed by atoms with van der Waals surface area (Å²) in [5.41, 5.74) is 1.04. The first-order chi connectivity index (χ1) is 11.5. The quantitative estimate of drug-likeness (QED) is 0.840. The first kappa shape index (κ1) is 16.4. The lowest BCUT2D eigenvalue weighted by molar-refractivity contribution is -0.120. The van der Waals surface area contributed by atoms with Crippen molar-refractivity contribution >= 4 is 46.4 Å². The summed E-state index contributed by atoms with van der Waals surface area (Å²) in [5, 5.41) is 3.28. The number of imide groups is 1. The van der Waals surface area contributed by atoms with Crippen LogP contribution < -0.4 is 15.0 Å². The van der Waals surface area contributed by atoms with Gasteiger partial charge in [-0.2, -0.15) is 0 Å². The molecule has 3 rings (SSSR count). The average Bonchev–Trinajstić information content (AvgIpc) is 2.80. The van der Waals surface area contributed by atoms with Crippen molar-refractivity contribution in [1.82, 2.24) is 0 Å². The predicted molar refractivity (Wildman–Crippen MR) is 93.4 cm³/mol. The van der Waals surface area contributed by atoms with Crippen LogP contribution in [0.15, 0.2) is 59.3 Å². The molecule has 7 heteroatoms. The third kappa shape index (κ3) is 2.96. The van der Waals surface area contributed by atoms with E-state index in [9.17, 15) is 9.59 Å². The van der Waals surface area contributed by atoms with Gasteiger partial charge in [0, 0.05) is 10.7 Å². The minimum Gasteiger partial charge on any atom is -0.497 e. The maximum absolute atomic E-state index is 12.6. The van der Waals surface area contributed by atoms with Crippen LogP contribution in [0.3, 0.4) is 0 Å². The first-order valence-corrected chi connectivity index (χ1v) is 7.72. The molecular weight excluding hydrogens is 351 g/mol. The van der Waals surface area contributed by atoms with E-state index in [0.717, 1.165) is 4.90 Å². The number of ether oxygens (including phenoxy) is 1. The smallest absolute Gasteiger partial charge is 0.283 e. The molecule has 0 radical (unpaired) electrons. The molecule has 0 aliphatic carbocycles. The molecule has 2 aromatic carbocycles. The van der Waals surface area contributed by atoms with E-state index in [0.29, 0.717) is 22.1 Å². The Hall–Kier alpha value is -2.50. The van der Waals surface area contributed by atoms with E-state index in [1.807, 2.05) is 0 Å². The van der Waals surface area contributed by atoms with Crippen LogP contribution in [-0.2, 0) is 9.59 Å². The highest BCUT2D eigenvalue weighted by Gasteiger charge is 2.38. The molecule has 1 aliphatic rings. The molecule has 0 bridgehead atoms. The fraction of sp³-hybridized carbons (Fsp3) is 0.0588. The molecule has 0 unspecified atom stereocenters. The third-order valence-corrected chi connectivity index (χ3v) is 4.07. The fourth-order valence-corrected chi connectivity index (χ4v) is 2.59. The number of amides is 2. The highest BCUT2D eigenvalue weighted by molar-refractivity contribution is 6.53. The van der Waals surface area contributed by atoms with Crippen LogP contribution in [0, 0.1) is 0 Å². The number of halogens is 2. The van der Waals surface area contributed by atoms with Crippen LogP contribution in [0.25, 0.3) is 0 Å². The highest BCUT2D eigenvalue weighted by atomic mass is 35.5. The Balaban J connectivity index is 1.87. The summed E-state index contributed by atoms with van der Waals surface area (Å²) in [5.74, 6) is -0.482. The molecule has 0 spiro atoms. The van der Waals surface area contributed by atoms with Crippen molar-refractivity contribution in [2.45, 2.75) is 0 Å². The van der Waals surface area contributed by atoms with Crippen LogP contribution in [0.5, 0.6) is 5.75 Å². The van der Waals surface area contributed by atoms with Gasteiger partial charge < -0.3 is 10.1 Å². The number of methoxy groups -OCH3 is 1. The molecule has 24 heavy (non-hydrogen) atoms. The topological polar surface area (TPSA) is 58.6 Å². The molecule has 1 N–H and O–H groups in total. The van der Waals surface area contributed by atoms with Gasteiger partial charge in [0.25, 0.3) is 11.8 Å². The second-order valence-corrected chi connectivity index (χ2v) is 5.78. The Morgan fingerprint density at radius 3 is 2.12 bits per heavy atom. The number of hydrogen-bond donors (Lipinski definition) is 1. The van der Waals surface area contributed by atoms with E-state index in [2.05, 4.69) is 5.32 Å². The molecule has 1 heterocycles. The number of anilines is 2. The van der Waals surface area contributed by atoms with Gasteiger partial charge in [0.1, 0.15) is 16.5 Å². The Morgan fingerprint density at radius 2 is 1.54 bits per heavy atom. The summed E-state index contributed by atoms with van der Waals surface area (Å²) in [6, 6.07) is 13.3. The van der Waals surface area contributed by atoms with Crippen molar-refractivity contribution in [3.8, 4) is 5.75 Å².